The monoisotopic (exact) mass is 327 g/mol. The van der Waals surface area contributed by atoms with E-state index in [2.05, 4.69) is 25.5 Å². The lowest BCUT2D eigenvalue weighted by Gasteiger charge is -2.07. The van der Waals surface area contributed by atoms with Crippen LogP contribution in [0.25, 0.3) is 0 Å². The van der Waals surface area contributed by atoms with Gasteiger partial charge in [-0.25, -0.2) is 4.98 Å². The molecule has 3 nitrogen and oxygen atoms in total. The zero-order valence-electron chi connectivity index (χ0n) is 9.94. The van der Waals surface area contributed by atoms with Crippen LogP contribution < -0.4 is 5.73 Å². The van der Waals surface area contributed by atoms with Crippen molar-refractivity contribution < 1.29 is 0 Å². The first-order valence-electron chi connectivity index (χ1n) is 5.84. The van der Waals surface area contributed by atoms with Crippen molar-refractivity contribution in [2.45, 2.75) is 19.4 Å². The predicted molar refractivity (Wildman–Crippen MR) is 77.9 cm³/mol. The van der Waals surface area contributed by atoms with Gasteiger partial charge in [-0.2, -0.15) is 0 Å². The number of aromatic nitrogens is 2. The first-order chi connectivity index (χ1) is 8.70. The lowest BCUT2D eigenvalue weighted by atomic mass is 10.1. The summed E-state index contributed by atoms with van der Waals surface area (Å²) in [6.45, 7) is 1.62. The maximum Gasteiger partial charge on any atom is 0.113 e. The standard InChI is InChI=1S/C13H15BrClN3/c14-11-8-10(2-3-12(11)15)9-13-17-5-7-18(13)6-1-4-16/h2-3,5,7-8H,1,4,6,9,16H2. The molecule has 1 aromatic carbocycles. The molecule has 2 aromatic rings. The third kappa shape index (κ3) is 3.34. The van der Waals surface area contributed by atoms with Gasteiger partial charge in [0.25, 0.3) is 0 Å². The SMILES string of the molecule is NCCCn1ccnc1Cc1ccc(Cl)c(Br)c1. The summed E-state index contributed by atoms with van der Waals surface area (Å²) in [4.78, 5) is 4.39. The fourth-order valence-corrected chi connectivity index (χ4v) is 2.35. The molecule has 96 valence electrons. The first kappa shape index (κ1) is 13.6. The van der Waals surface area contributed by atoms with Crippen LogP contribution in [0.2, 0.25) is 5.02 Å². The summed E-state index contributed by atoms with van der Waals surface area (Å²) >= 11 is 9.42. The minimum absolute atomic E-state index is 0.699. The van der Waals surface area contributed by atoms with Gasteiger partial charge in [0.2, 0.25) is 0 Å². The van der Waals surface area contributed by atoms with Gasteiger partial charge < -0.3 is 10.3 Å². The van der Waals surface area contributed by atoms with E-state index in [-0.39, 0.29) is 0 Å². The average molecular weight is 329 g/mol. The molecule has 0 aliphatic heterocycles. The molecule has 0 amide bonds. The van der Waals surface area contributed by atoms with Crippen LogP contribution >= 0.6 is 27.5 Å². The third-order valence-electron chi connectivity index (χ3n) is 2.75. The van der Waals surface area contributed by atoms with Crippen molar-refractivity contribution in [3.63, 3.8) is 0 Å². The van der Waals surface area contributed by atoms with E-state index in [1.54, 1.807) is 0 Å². The number of aryl methyl sites for hydroxylation is 1. The number of hydrogen-bond acceptors (Lipinski definition) is 2. The van der Waals surface area contributed by atoms with E-state index >= 15 is 0 Å². The fraction of sp³-hybridized carbons (Fsp3) is 0.308. The third-order valence-corrected chi connectivity index (χ3v) is 3.97. The van der Waals surface area contributed by atoms with Crippen molar-refractivity contribution >= 4 is 27.5 Å². The van der Waals surface area contributed by atoms with Crippen LogP contribution in [0, 0.1) is 0 Å². The van der Waals surface area contributed by atoms with Crippen LogP contribution in [0.1, 0.15) is 17.8 Å². The Morgan fingerprint density at radius 1 is 1.39 bits per heavy atom. The normalized spacial score (nSPS) is 10.8. The van der Waals surface area contributed by atoms with Crippen LogP contribution in [0.3, 0.4) is 0 Å². The zero-order chi connectivity index (χ0) is 13.0. The number of hydrogen-bond donors (Lipinski definition) is 1. The molecule has 0 spiro atoms. The fourth-order valence-electron chi connectivity index (χ4n) is 1.80. The van der Waals surface area contributed by atoms with E-state index < -0.39 is 0 Å². The minimum atomic E-state index is 0.699. The molecule has 1 aromatic heterocycles. The second-order valence-electron chi connectivity index (χ2n) is 4.10. The Morgan fingerprint density at radius 3 is 2.94 bits per heavy atom. The molecule has 0 fully saturated rings. The molecule has 5 heteroatoms. The van der Waals surface area contributed by atoms with Crippen molar-refractivity contribution in [1.29, 1.82) is 0 Å². The number of imidazole rings is 1. The van der Waals surface area contributed by atoms with E-state index in [1.807, 2.05) is 30.6 Å². The van der Waals surface area contributed by atoms with Gasteiger partial charge in [-0.15, -0.1) is 0 Å². The average Bonchev–Trinajstić information content (AvgIpc) is 2.79. The van der Waals surface area contributed by atoms with E-state index in [9.17, 15) is 0 Å². The van der Waals surface area contributed by atoms with Crippen molar-refractivity contribution in [2.24, 2.45) is 5.73 Å². The maximum absolute atomic E-state index is 5.98. The molecule has 0 aliphatic rings. The number of rotatable bonds is 5. The largest absolute Gasteiger partial charge is 0.335 e. The van der Waals surface area contributed by atoms with Gasteiger partial charge in [0.1, 0.15) is 5.82 Å². The Balaban J connectivity index is 2.13. The molecule has 0 atom stereocenters. The maximum atomic E-state index is 5.98. The number of halogens is 2. The van der Waals surface area contributed by atoms with Crippen LogP contribution in [0.5, 0.6) is 0 Å². The number of benzene rings is 1. The molecule has 0 saturated heterocycles. The van der Waals surface area contributed by atoms with Crippen molar-refractivity contribution in [3.05, 3.63) is 51.5 Å². The summed E-state index contributed by atoms with van der Waals surface area (Å²) < 4.78 is 3.07. The second kappa shape index (κ2) is 6.36. The van der Waals surface area contributed by atoms with Gasteiger partial charge >= 0.3 is 0 Å². The Morgan fingerprint density at radius 2 is 2.22 bits per heavy atom. The van der Waals surface area contributed by atoms with Crippen LogP contribution in [0.4, 0.5) is 0 Å². The van der Waals surface area contributed by atoms with E-state index in [1.165, 1.54) is 5.56 Å². The summed E-state index contributed by atoms with van der Waals surface area (Å²) in [5.74, 6) is 1.05. The molecule has 0 aliphatic carbocycles. The molecular formula is C13H15BrClN3. The topological polar surface area (TPSA) is 43.8 Å². The highest BCUT2D eigenvalue weighted by Crippen LogP contribution is 2.24. The molecule has 0 bridgehead atoms. The summed E-state index contributed by atoms with van der Waals surface area (Å²) in [6.07, 6.45) is 5.59. The Kier molecular flexibility index (Phi) is 4.80. The van der Waals surface area contributed by atoms with Crippen LogP contribution in [-0.2, 0) is 13.0 Å². The molecule has 2 N–H and O–H groups in total. The summed E-state index contributed by atoms with van der Waals surface area (Å²) in [5.41, 5.74) is 6.72. The van der Waals surface area contributed by atoms with Gasteiger partial charge in [0, 0.05) is 29.8 Å². The highest BCUT2D eigenvalue weighted by atomic mass is 79.9. The molecule has 0 radical (unpaired) electrons. The Hall–Kier alpha value is -0.840. The lowest BCUT2D eigenvalue weighted by molar-refractivity contribution is 0.624. The second-order valence-corrected chi connectivity index (χ2v) is 5.37. The molecule has 18 heavy (non-hydrogen) atoms. The highest BCUT2D eigenvalue weighted by molar-refractivity contribution is 9.10. The predicted octanol–water partition coefficient (Wildman–Crippen LogP) is 3.24. The lowest BCUT2D eigenvalue weighted by Crippen LogP contribution is -2.08. The molecule has 0 unspecified atom stereocenters. The van der Waals surface area contributed by atoms with Crippen LogP contribution in [-0.4, -0.2) is 16.1 Å². The smallest absolute Gasteiger partial charge is 0.113 e. The van der Waals surface area contributed by atoms with E-state index in [4.69, 9.17) is 17.3 Å². The van der Waals surface area contributed by atoms with Crippen molar-refractivity contribution in [1.82, 2.24) is 9.55 Å². The van der Waals surface area contributed by atoms with Gasteiger partial charge in [0.15, 0.2) is 0 Å². The van der Waals surface area contributed by atoms with Crippen molar-refractivity contribution in [3.8, 4) is 0 Å². The Bertz CT molecular complexity index is 525. The van der Waals surface area contributed by atoms with Gasteiger partial charge in [-0.05, 0) is 46.6 Å². The first-order valence-corrected chi connectivity index (χ1v) is 7.02. The molecule has 0 saturated carbocycles. The van der Waals surface area contributed by atoms with Gasteiger partial charge in [-0.3, -0.25) is 0 Å². The minimum Gasteiger partial charge on any atom is -0.335 e. The number of nitrogens with two attached hydrogens (primary N) is 1. The van der Waals surface area contributed by atoms with Crippen LogP contribution in [0.15, 0.2) is 35.1 Å². The Labute approximate surface area is 120 Å². The zero-order valence-corrected chi connectivity index (χ0v) is 12.3. The highest BCUT2D eigenvalue weighted by Gasteiger charge is 2.05. The molecule has 2 rings (SSSR count). The summed E-state index contributed by atoms with van der Waals surface area (Å²) in [7, 11) is 0. The summed E-state index contributed by atoms with van der Waals surface area (Å²) in [5, 5.41) is 0.727. The van der Waals surface area contributed by atoms with E-state index in [0.717, 1.165) is 34.7 Å². The summed E-state index contributed by atoms with van der Waals surface area (Å²) in [6, 6.07) is 5.95. The van der Waals surface area contributed by atoms with Crippen molar-refractivity contribution in [2.75, 3.05) is 6.54 Å². The molecule has 1 heterocycles. The van der Waals surface area contributed by atoms with Gasteiger partial charge in [-0.1, -0.05) is 17.7 Å². The number of nitrogens with zero attached hydrogens (tertiary/aromatic N) is 2. The molecular weight excluding hydrogens is 314 g/mol. The van der Waals surface area contributed by atoms with E-state index in [0.29, 0.717) is 6.54 Å². The van der Waals surface area contributed by atoms with Gasteiger partial charge in [0.05, 0.1) is 5.02 Å². The quantitative estimate of drug-likeness (QED) is 0.915.